The van der Waals surface area contributed by atoms with Gasteiger partial charge in [-0.1, -0.05) is 126 Å². The molecule has 0 atom stereocenters. The van der Waals surface area contributed by atoms with Crippen LogP contribution in [0.15, 0.2) is 146 Å². The lowest BCUT2D eigenvalue weighted by molar-refractivity contribution is 0.995. The molecule has 218 valence electrons. The summed E-state index contributed by atoms with van der Waals surface area (Å²) in [5, 5.41) is 4.76. The van der Waals surface area contributed by atoms with Crippen molar-refractivity contribution in [3.8, 4) is 34.2 Å². The third kappa shape index (κ3) is 4.07. The van der Waals surface area contributed by atoms with Gasteiger partial charge in [0.25, 0.3) is 0 Å². The second-order valence-electron chi connectivity index (χ2n) is 12.1. The fraction of sp³-hybridized carbons (Fsp3) is 0.0476. The highest BCUT2D eigenvalue weighted by molar-refractivity contribution is 6.23. The average Bonchev–Trinajstić information content (AvgIpc) is 3.62. The highest BCUT2D eigenvalue weighted by Gasteiger charge is 2.22. The van der Waals surface area contributed by atoms with Crippen LogP contribution in [0.1, 0.15) is 11.1 Å². The third-order valence-electron chi connectivity index (χ3n) is 9.09. The minimum absolute atomic E-state index is 0.650. The van der Waals surface area contributed by atoms with Crippen LogP contribution in [0.5, 0.6) is 0 Å². The molecule has 46 heavy (non-hydrogen) atoms. The molecule has 0 aliphatic rings. The molecule has 0 saturated carbocycles. The third-order valence-corrected chi connectivity index (χ3v) is 9.09. The van der Waals surface area contributed by atoms with E-state index in [2.05, 4.69) is 169 Å². The Balaban J connectivity index is 1.46. The second kappa shape index (κ2) is 10.3. The standard InChI is InChI=1S/C42H30N4/c1-27-16-20-29(21-17-27)36-26-37(30-22-18-28(2)19-23-30)44-42(43-36)46-39-15-9-7-13-33(39)35-25-24-34-32-12-6-8-14-38(32)45(40(34)41(35)46)31-10-4-3-5-11-31/h3-26H,1-2H3. The first-order valence-corrected chi connectivity index (χ1v) is 15.7. The highest BCUT2D eigenvalue weighted by atomic mass is 15.2. The van der Waals surface area contributed by atoms with E-state index < -0.39 is 0 Å². The normalized spacial score (nSPS) is 11.7. The minimum atomic E-state index is 0.650. The van der Waals surface area contributed by atoms with Crippen molar-refractivity contribution in [2.45, 2.75) is 13.8 Å². The first kappa shape index (κ1) is 26.4. The van der Waals surface area contributed by atoms with E-state index in [-0.39, 0.29) is 0 Å². The molecule has 9 aromatic rings. The van der Waals surface area contributed by atoms with Gasteiger partial charge in [-0.05, 0) is 44.2 Å². The maximum absolute atomic E-state index is 5.32. The van der Waals surface area contributed by atoms with E-state index in [4.69, 9.17) is 9.97 Å². The quantitative estimate of drug-likeness (QED) is 0.204. The van der Waals surface area contributed by atoms with E-state index in [1.165, 1.54) is 38.2 Å². The molecule has 0 amide bonds. The number of aromatic nitrogens is 4. The lowest BCUT2D eigenvalue weighted by Crippen LogP contribution is -2.05. The summed E-state index contributed by atoms with van der Waals surface area (Å²) in [7, 11) is 0. The summed E-state index contributed by atoms with van der Waals surface area (Å²) >= 11 is 0. The maximum Gasteiger partial charge on any atom is 0.235 e. The summed E-state index contributed by atoms with van der Waals surface area (Å²) in [5.74, 6) is 0.650. The van der Waals surface area contributed by atoms with E-state index in [9.17, 15) is 0 Å². The van der Waals surface area contributed by atoms with E-state index in [1.54, 1.807) is 0 Å². The fourth-order valence-corrected chi connectivity index (χ4v) is 6.83. The monoisotopic (exact) mass is 590 g/mol. The van der Waals surface area contributed by atoms with Gasteiger partial charge in [0.1, 0.15) is 0 Å². The van der Waals surface area contributed by atoms with Crippen LogP contribution in [-0.4, -0.2) is 19.1 Å². The number of para-hydroxylation sites is 3. The molecule has 4 nitrogen and oxygen atoms in total. The van der Waals surface area contributed by atoms with Crippen LogP contribution < -0.4 is 0 Å². The van der Waals surface area contributed by atoms with Gasteiger partial charge in [0.2, 0.25) is 5.95 Å². The number of nitrogens with zero attached hydrogens (tertiary/aromatic N) is 4. The Hall–Kier alpha value is -6.00. The van der Waals surface area contributed by atoms with Crippen LogP contribution in [0, 0.1) is 13.8 Å². The molecule has 3 heterocycles. The molecule has 0 saturated heterocycles. The molecule has 9 rings (SSSR count). The summed E-state index contributed by atoms with van der Waals surface area (Å²) < 4.78 is 4.67. The molecule has 6 aromatic carbocycles. The Kier molecular flexibility index (Phi) is 5.90. The van der Waals surface area contributed by atoms with Gasteiger partial charge in [0.15, 0.2) is 0 Å². The van der Waals surface area contributed by atoms with Crippen LogP contribution in [0.2, 0.25) is 0 Å². The maximum atomic E-state index is 5.32. The van der Waals surface area contributed by atoms with E-state index in [0.29, 0.717) is 5.95 Å². The predicted octanol–water partition coefficient (Wildman–Crippen LogP) is 10.6. The molecule has 0 fully saturated rings. The molecule has 0 aliphatic carbocycles. The van der Waals surface area contributed by atoms with Crippen LogP contribution in [0.3, 0.4) is 0 Å². The lowest BCUT2D eigenvalue weighted by Gasteiger charge is -2.14. The summed E-state index contributed by atoms with van der Waals surface area (Å²) in [4.78, 5) is 10.6. The molecule has 0 N–H and O–H groups in total. The zero-order chi connectivity index (χ0) is 30.8. The number of rotatable bonds is 4. The van der Waals surface area contributed by atoms with Crippen LogP contribution in [-0.2, 0) is 0 Å². The summed E-state index contributed by atoms with van der Waals surface area (Å²) in [6, 6.07) is 51.8. The molecule has 3 aromatic heterocycles. The van der Waals surface area contributed by atoms with Crippen molar-refractivity contribution in [1.29, 1.82) is 0 Å². The molecular formula is C42H30N4. The molecule has 0 spiro atoms. The van der Waals surface area contributed by atoms with Gasteiger partial charge in [-0.15, -0.1) is 0 Å². The molecular weight excluding hydrogens is 560 g/mol. The molecule has 0 unspecified atom stereocenters. The number of hydrogen-bond donors (Lipinski definition) is 0. The molecule has 0 bridgehead atoms. The highest BCUT2D eigenvalue weighted by Crippen LogP contribution is 2.41. The van der Waals surface area contributed by atoms with Crippen molar-refractivity contribution in [2.75, 3.05) is 0 Å². The summed E-state index contributed by atoms with van der Waals surface area (Å²) in [6.45, 7) is 4.23. The van der Waals surface area contributed by atoms with Gasteiger partial charge in [-0.3, -0.25) is 4.57 Å². The van der Waals surface area contributed by atoms with Crippen molar-refractivity contribution in [2.24, 2.45) is 0 Å². The SMILES string of the molecule is Cc1ccc(-c2cc(-c3ccc(C)cc3)nc(-n3c4ccccc4c4ccc5c6ccccc6n(-c6ccccc6)c5c43)n2)cc1. The van der Waals surface area contributed by atoms with Crippen molar-refractivity contribution in [3.05, 3.63) is 157 Å². The van der Waals surface area contributed by atoms with Crippen LogP contribution in [0.25, 0.3) is 77.8 Å². The smallest absolute Gasteiger partial charge is 0.235 e. The largest absolute Gasteiger partial charge is 0.307 e. The Labute approximate surface area is 266 Å². The Morgan fingerprint density at radius 3 is 1.41 bits per heavy atom. The predicted molar refractivity (Wildman–Crippen MR) is 191 cm³/mol. The number of fused-ring (bicyclic) bond motifs is 7. The van der Waals surface area contributed by atoms with Gasteiger partial charge in [0, 0.05) is 38.4 Å². The summed E-state index contributed by atoms with van der Waals surface area (Å²) in [5.41, 5.74) is 11.9. The van der Waals surface area contributed by atoms with E-state index in [1.807, 2.05) is 0 Å². The van der Waals surface area contributed by atoms with Crippen LogP contribution in [0.4, 0.5) is 0 Å². The molecule has 0 radical (unpaired) electrons. The lowest BCUT2D eigenvalue weighted by atomic mass is 10.1. The van der Waals surface area contributed by atoms with Gasteiger partial charge < -0.3 is 4.57 Å². The van der Waals surface area contributed by atoms with Crippen molar-refractivity contribution in [3.63, 3.8) is 0 Å². The summed E-state index contributed by atoms with van der Waals surface area (Å²) in [6.07, 6.45) is 0. The Bertz CT molecular complexity index is 2510. The van der Waals surface area contributed by atoms with Crippen molar-refractivity contribution < 1.29 is 0 Å². The van der Waals surface area contributed by atoms with Gasteiger partial charge >= 0.3 is 0 Å². The van der Waals surface area contributed by atoms with Crippen LogP contribution >= 0.6 is 0 Å². The molecule has 4 heteroatoms. The number of benzene rings is 6. The number of hydrogen-bond acceptors (Lipinski definition) is 2. The van der Waals surface area contributed by atoms with Gasteiger partial charge in [-0.25, -0.2) is 9.97 Å². The minimum Gasteiger partial charge on any atom is -0.307 e. The van der Waals surface area contributed by atoms with Gasteiger partial charge in [-0.2, -0.15) is 0 Å². The fourth-order valence-electron chi connectivity index (χ4n) is 6.83. The first-order valence-electron chi connectivity index (χ1n) is 15.7. The Morgan fingerprint density at radius 2 is 0.870 bits per heavy atom. The zero-order valence-corrected chi connectivity index (χ0v) is 25.6. The van der Waals surface area contributed by atoms with Gasteiger partial charge in [0.05, 0.1) is 33.5 Å². The first-order chi connectivity index (χ1) is 22.6. The van der Waals surface area contributed by atoms with E-state index >= 15 is 0 Å². The Morgan fingerprint density at radius 1 is 0.413 bits per heavy atom. The van der Waals surface area contributed by atoms with Crippen molar-refractivity contribution >= 4 is 43.6 Å². The second-order valence-corrected chi connectivity index (χ2v) is 12.1. The molecule has 0 aliphatic heterocycles. The number of aryl methyl sites for hydroxylation is 2. The van der Waals surface area contributed by atoms with Crippen molar-refractivity contribution in [1.82, 2.24) is 19.1 Å². The topological polar surface area (TPSA) is 35.6 Å². The zero-order valence-electron chi connectivity index (χ0n) is 25.6. The van der Waals surface area contributed by atoms with E-state index in [0.717, 1.165) is 44.8 Å². The average molecular weight is 591 g/mol.